The number of carbonyl (C=O) groups is 2. The number of aliphatic hydroxyl groups excluding tert-OH is 1. The SMILES string of the molecule is CN1CCCC(c2ccc3c(c2)CC(=NC(=O)c2cccc(C(F)F)c2)N3CC(C)(F)CO)C1=O. The minimum Gasteiger partial charge on any atom is -0.393 e. The fraction of sp³-hybridized carbons (Fsp3) is 0.423. The summed E-state index contributed by atoms with van der Waals surface area (Å²) in [5, 5.41) is 9.48. The summed E-state index contributed by atoms with van der Waals surface area (Å²) in [5.74, 6) is -0.676. The first-order valence-corrected chi connectivity index (χ1v) is 11.5. The van der Waals surface area contributed by atoms with Crippen LogP contribution >= 0.6 is 0 Å². The van der Waals surface area contributed by atoms with Crippen molar-refractivity contribution in [3.05, 3.63) is 64.7 Å². The molecule has 0 radical (unpaired) electrons. The van der Waals surface area contributed by atoms with E-state index >= 15 is 0 Å². The van der Waals surface area contributed by atoms with E-state index in [1.165, 1.54) is 25.1 Å². The summed E-state index contributed by atoms with van der Waals surface area (Å²) < 4.78 is 41.0. The number of rotatable bonds is 6. The molecule has 2 aliphatic rings. The van der Waals surface area contributed by atoms with Crippen LogP contribution in [0.5, 0.6) is 0 Å². The maximum atomic E-state index is 14.8. The second kappa shape index (κ2) is 9.81. The maximum Gasteiger partial charge on any atom is 0.278 e. The summed E-state index contributed by atoms with van der Waals surface area (Å²) >= 11 is 0. The fourth-order valence-electron chi connectivity index (χ4n) is 4.62. The highest BCUT2D eigenvalue weighted by Gasteiger charge is 2.35. The Morgan fingerprint density at radius 2 is 2.03 bits per heavy atom. The molecule has 2 aromatic carbocycles. The molecular weight excluding hydrogens is 459 g/mol. The van der Waals surface area contributed by atoms with Crippen LogP contribution in [0.3, 0.4) is 0 Å². The number of anilines is 1. The Morgan fingerprint density at radius 1 is 1.26 bits per heavy atom. The fourth-order valence-corrected chi connectivity index (χ4v) is 4.62. The van der Waals surface area contributed by atoms with Gasteiger partial charge in [-0.1, -0.05) is 24.3 Å². The van der Waals surface area contributed by atoms with Crippen molar-refractivity contribution >= 4 is 23.3 Å². The van der Waals surface area contributed by atoms with Crippen LogP contribution in [-0.2, 0) is 11.2 Å². The van der Waals surface area contributed by atoms with Crippen molar-refractivity contribution in [3.63, 3.8) is 0 Å². The number of benzene rings is 2. The van der Waals surface area contributed by atoms with E-state index in [0.29, 0.717) is 5.69 Å². The molecule has 6 nitrogen and oxygen atoms in total. The van der Waals surface area contributed by atoms with Gasteiger partial charge in [-0.3, -0.25) is 9.59 Å². The van der Waals surface area contributed by atoms with Crippen LogP contribution in [-0.4, -0.2) is 60.1 Å². The molecule has 35 heavy (non-hydrogen) atoms. The van der Waals surface area contributed by atoms with Crippen molar-refractivity contribution in [3.8, 4) is 0 Å². The number of hydrogen-bond acceptors (Lipinski definition) is 3. The van der Waals surface area contributed by atoms with Gasteiger partial charge in [0, 0.05) is 36.8 Å². The standard InChI is InChI=1S/C26H28F3N3O3/c1-26(29,15-33)14-32-21-9-8-16(20-7-4-10-31(2)25(20)35)11-19(21)13-22(32)30-24(34)18-6-3-5-17(12-18)23(27)28/h3,5-6,8-9,11-12,20,23,33H,4,7,10,13-15H2,1-2H3. The second-order valence-corrected chi connectivity index (χ2v) is 9.44. The Morgan fingerprint density at radius 3 is 2.74 bits per heavy atom. The third-order valence-electron chi connectivity index (χ3n) is 6.55. The van der Waals surface area contributed by atoms with Crippen molar-refractivity contribution in [2.75, 3.05) is 31.6 Å². The van der Waals surface area contributed by atoms with Crippen molar-refractivity contribution in [2.24, 2.45) is 4.99 Å². The Balaban J connectivity index is 1.68. The molecular formula is C26H28F3N3O3. The smallest absolute Gasteiger partial charge is 0.278 e. The zero-order chi connectivity index (χ0) is 25.3. The van der Waals surface area contributed by atoms with Crippen LogP contribution in [0.15, 0.2) is 47.5 Å². The number of fused-ring (bicyclic) bond motifs is 1. The molecule has 2 unspecified atom stereocenters. The maximum absolute atomic E-state index is 14.8. The summed E-state index contributed by atoms with van der Waals surface area (Å²) in [7, 11) is 1.78. The summed E-state index contributed by atoms with van der Waals surface area (Å²) in [6.45, 7) is 0.999. The molecule has 2 atom stereocenters. The number of likely N-dealkylation sites (N-methyl/N-ethyl adjacent to an activating group) is 1. The van der Waals surface area contributed by atoms with Crippen LogP contribution in [0.4, 0.5) is 18.9 Å². The zero-order valence-electron chi connectivity index (χ0n) is 19.7. The minimum absolute atomic E-state index is 0.00732. The van der Waals surface area contributed by atoms with Crippen molar-refractivity contribution < 1.29 is 27.9 Å². The summed E-state index contributed by atoms with van der Waals surface area (Å²) in [5.41, 5.74) is 0.0177. The van der Waals surface area contributed by atoms with Gasteiger partial charge in [-0.15, -0.1) is 0 Å². The number of aliphatic imine (C=N–C) groups is 1. The molecule has 0 saturated carbocycles. The molecule has 2 aliphatic heterocycles. The van der Waals surface area contributed by atoms with Crippen molar-refractivity contribution in [1.82, 2.24) is 4.90 Å². The summed E-state index contributed by atoms with van der Waals surface area (Å²) in [6, 6.07) is 10.6. The van der Waals surface area contributed by atoms with Gasteiger partial charge in [-0.05, 0) is 49.1 Å². The number of amidine groups is 1. The molecule has 0 spiro atoms. The van der Waals surface area contributed by atoms with Gasteiger partial charge in [-0.2, -0.15) is 4.99 Å². The first-order valence-electron chi connectivity index (χ1n) is 11.5. The first-order chi connectivity index (χ1) is 16.6. The Hall–Kier alpha value is -3.20. The number of alkyl halides is 3. The van der Waals surface area contributed by atoms with Gasteiger partial charge in [0.1, 0.15) is 11.5 Å². The van der Waals surface area contributed by atoms with Crippen LogP contribution in [0, 0.1) is 0 Å². The van der Waals surface area contributed by atoms with Crippen LogP contribution in [0.25, 0.3) is 0 Å². The highest BCUT2D eigenvalue weighted by molar-refractivity contribution is 6.12. The monoisotopic (exact) mass is 487 g/mol. The zero-order valence-corrected chi connectivity index (χ0v) is 19.7. The topological polar surface area (TPSA) is 73.2 Å². The van der Waals surface area contributed by atoms with Gasteiger partial charge in [-0.25, -0.2) is 13.2 Å². The molecule has 1 saturated heterocycles. The van der Waals surface area contributed by atoms with Crippen molar-refractivity contribution in [2.45, 2.75) is 44.2 Å². The van der Waals surface area contributed by atoms with E-state index in [0.717, 1.165) is 36.6 Å². The Kier molecular flexibility index (Phi) is 6.98. The number of amides is 2. The number of likely N-dealkylation sites (tertiary alicyclic amines) is 1. The third kappa shape index (κ3) is 5.24. The highest BCUT2D eigenvalue weighted by Crippen LogP contribution is 2.36. The van der Waals surface area contributed by atoms with Gasteiger partial charge in [0.15, 0.2) is 0 Å². The van der Waals surface area contributed by atoms with Gasteiger partial charge >= 0.3 is 0 Å². The number of nitrogens with zero attached hydrogens (tertiary/aromatic N) is 3. The van der Waals surface area contributed by atoms with E-state index < -0.39 is 24.6 Å². The van der Waals surface area contributed by atoms with Gasteiger partial charge in [0.25, 0.3) is 12.3 Å². The summed E-state index contributed by atoms with van der Waals surface area (Å²) in [4.78, 5) is 32.9. The lowest BCUT2D eigenvalue weighted by molar-refractivity contribution is -0.133. The van der Waals surface area contributed by atoms with Crippen molar-refractivity contribution in [1.29, 1.82) is 0 Å². The Bertz CT molecular complexity index is 1170. The van der Waals surface area contributed by atoms with E-state index in [9.17, 15) is 27.9 Å². The highest BCUT2D eigenvalue weighted by atomic mass is 19.3. The molecule has 186 valence electrons. The molecule has 1 N–H and O–H groups in total. The van der Waals surface area contributed by atoms with Crippen LogP contribution in [0.2, 0.25) is 0 Å². The molecule has 0 aromatic heterocycles. The van der Waals surface area contributed by atoms with E-state index in [2.05, 4.69) is 4.99 Å². The molecule has 2 aromatic rings. The van der Waals surface area contributed by atoms with E-state index in [4.69, 9.17) is 0 Å². The minimum atomic E-state index is -2.72. The molecule has 2 heterocycles. The lowest BCUT2D eigenvalue weighted by Crippen LogP contribution is -2.42. The normalized spacial score (nSPS) is 20.9. The number of halogens is 3. The average molecular weight is 488 g/mol. The molecule has 0 bridgehead atoms. The molecule has 9 heteroatoms. The largest absolute Gasteiger partial charge is 0.393 e. The average Bonchev–Trinajstić information content (AvgIpc) is 3.16. The molecule has 0 aliphatic carbocycles. The van der Waals surface area contributed by atoms with Gasteiger partial charge in [0.05, 0.1) is 19.1 Å². The van der Waals surface area contributed by atoms with Crippen LogP contribution < -0.4 is 4.90 Å². The quantitative estimate of drug-likeness (QED) is 0.660. The molecule has 2 amide bonds. The van der Waals surface area contributed by atoms with E-state index in [1.54, 1.807) is 22.9 Å². The van der Waals surface area contributed by atoms with Gasteiger partial charge in [0.2, 0.25) is 5.91 Å². The number of hydrogen-bond donors (Lipinski definition) is 1. The summed E-state index contributed by atoms with van der Waals surface area (Å²) in [6.07, 6.45) is -0.883. The van der Waals surface area contributed by atoms with Gasteiger partial charge < -0.3 is 14.9 Å². The Labute approximate surface area is 202 Å². The lowest BCUT2D eigenvalue weighted by atomic mass is 9.88. The van der Waals surface area contributed by atoms with Crippen LogP contribution in [0.1, 0.15) is 59.2 Å². The predicted octanol–water partition coefficient (Wildman–Crippen LogP) is 4.28. The molecule has 1 fully saturated rings. The number of carbonyl (C=O) groups excluding carboxylic acids is 2. The second-order valence-electron chi connectivity index (χ2n) is 9.44. The van der Waals surface area contributed by atoms with E-state index in [-0.39, 0.29) is 41.8 Å². The lowest BCUT2D eigenvalue weighted by Gasteiger charge is -2.30. The first kappa shape index (κ1) is 24.9. The number of aliphatic hydroxyl groups is 1. The van der Waals surface area contributed by atoms with E-state index in [1.807, 2.05) is 12.1 Å². The third-order valence-corrected chi connectivity index (χ3v) is 6.55. The predicted molar refractivity (Wildman–Crippen MR) is 127 cm³/mol. The molecule has 4 rings (SSSR count). The number of piperidine rings is 1.